The van der Waals surface area contributed by atoms with Crippen LogP contribution in [0.1, 0.15) is 264 Å². The van der Waals surface area contributed by atoms with E-state index in [0.717, 1.165) is 25.7 Å². The van der Waals surface area contributed by atoms with Crippen molar-refractivity contribution in [3.05, 3.63) is 24.3 Å². The number of aliphatic hydroxyl groups excluding tert-OH is 1. The van der Waals surface area contributed by atoms with Crippen LogP contribution in [0.15, 0.2) is 24.3 Å². The molecule has 0 aromatic carbocycles. The molecule has 0 aromatic heterocycles. The van der Waals surface area contributed by atoms with Gasteiger partial charge in [-0.1, -0.05) is 237 Å². The van der Waals surface area contributed by atoms with Crippen LogP contribution in [0.3, 0.4) is 0 Å². The Balaban J connectivity index is 3.38. The Bertz CT molecular complexity index is 762. The maximum absolute atomic E-state index is 12.3. The highest BCUT2D eigenvalue weighted by atomic mass is 16.6. The smallest absolute Gasteiger partial charge is 0.306 e. The molecule has 0 radical (unpaired) electrons. The van der Waals surface area contributed by atoms with Crippen LogP contribution < -0.4 is 0 Å². The van der Waals surface area contributed by atoms with Crippen LogP contribution in [-0.4, -0.2) is 37.0 Å². The number of carbonyl (C=O) groups is 1. The Labute approximate surface area is 338 Å². The largest absolute Gasteiger partial charge is 0.457 e. The molecule has 4 heteroatoms. The number of allylic oxidation sites excluding steroid dienone is 4. The van der Waals surface area contributed by atoms with Crippen molar-refractivity contribution in [2.24, 2.45) is 0 Å². The Morgan fingerprint density at radius 3 is 1.15 bits per heavy atom. The van der Waals surface area contributed by atoms with Gasteiger partial charge in [0.1, 0.15) is 6.10 Å². The zero-order chi connectivity index (χ0) is 39.1. The second-order valence-electron chi connectivity index (χ2n) is 16.5. The molecule has 0 spiro atoms. The van der Waals surface area contributed by atoms with Crippen LogP contribution in [0, 0.1) is 0 Å². The number of hydrogen-bond donors (Lipinski definition) is 1. The molecule has 1 unspecified atom stereocenters. The average Bonchev–Trinajstić information content (AvgIpc) is 3.18. The lowest BCUT2D eigenvalue weighted by molar-refractivity contribution is -0.154. The lowest BCUT2D eigenvalue weighted by Crippen LogP contribution is -2.27. The predicted molar refractivity (Wildman–Crippen MR) is 237 cm³/mol. The van der Waals surface area contributed by atoms with Gasteiger partial charge in [-0.05, 0) is 44.9 Å². The van der Waals surface area contributed by atoms with Crippen LogP contribution >= 0.6 is 0 Å². The highest BCUT2D eigenvalue weighted by Gasteiger charge is 2.13. The highest BCUT2D eigenvalue weighted by Crippen LogP contribution is 2.16. The number of rotatable bonds is 46. The van der Waals surface area contributed by atoms with Crippen molar-refractivity contribution in [1.82, 2.24) is 0 Å². The van der Waals surface area contributed by atoms with Crippen molar-refractivity contribution in [2.75, 3.05) is 19.8 Å². The molecule has 0 bridgehead atoms. The molecule has 320 valence electrons. The number of carbonyl (C=O) groups excluding carboxylic acids is 1. The maximum Gasteiger partial charge on any atom is 0.306 e. The first-order valence-corrected chi connectivity index (χ1v) is 24.4. The molecule has 1 N–H and O–H groups in total. The van der Waals surface area contributed by atoms with E-state index in [4.69, 9.17) is 9.47 Å². The summed E-state index contributed by atoms with van der Waals surface area (Å²) in [7, 11) is 0. The van der Waals surface area contributed by atoms with E-state index < -0.39 is 6.10 Å². The molecule has 0 aliphatic rings. The Hall–Kier alpha value is -1.13. The molecule has 0 aliphatic carbocycles. The molecule has 0 saturated heterocycles. The first-order valence-electron chi connectivity index (χ1n) is 24.4. The summed E-state index contributed by atoms with van der Waals surface area (Å²) in [6.07, 6.45) is 59.7. The summed E-state index contributed by atoms with van der Waals surface area (Å²) in [5.41, 5.74) is 0. The van der Waals surface area contributed by atoms with E-state index in [0.29, 0.717) is 19.6 Å². The summed E-state index contributed by atoms with van der Waals surface area (Å²) in [4.78, 5) is 12.3. The minimum Gasteiger partial charge on any atom is -0.457 e. The number of hydrogen-bond acceptors (Lipinski definition) is 4. The van der Waals surface area contributed by atoms with Crippen molar-refractivity contribution in [2.45, 2.75) is 270 Å². The van der Waals surface area contributed by atoms with Crippen molar-refractivity contribution in [3.8, 4) is 0 Å². The van der Waals surface area contributed by atoms with Crippen molar-refractivity contribution >= 4 is 5.97 Å². The first kappa shape index (κ1) is 52.9. The van der Waals surface area contributed by atoms with Gasteiger partial charge in [0.15, 0.2) is 0 Å². The van der Waals surface area contributed by atoms with E-state index in [2.05, 4.69) is 38.2 Å². The Morgan fingerprint density at radius 2 is 0.778 bits per heavy atom. The minimum absolute atomic E-state index is 0.167. The normalized spacial score (nSPS) is 12.4. The van der Waals surface area contributed by atoms with Gasteiger partial charge in [0, 0.05) is 13.0 Å². The molecule has 0 amide bonds. The zero-order valence-electron chi connectivity index (χ0n) is 36.8. The molecule has 0 fully saturated rings. The zero-order valence-corrected chi connectivity index (χ0v) is 36.8. The van der Waals surface area contributed by atoms with E-state index in [1.807, 2.05) is 0 Å². The van der Waals surface area contributed by atoms with Crippen LogP contribution in [0.25, 0.3) is 0 Å². The SMILES string of the molecule is CCCCCCC/C=C\C/C=C\CCCCCCCCCCCCCC(=O)OC(CO)COCCCCCCCCCCCCCCCCCCCCC. The lowest BCUT2D eigenvalue weighted by Gasteiger charge is -2.16. The predicted octanol–water partition coefficient (Wildman–Crippen LogP) is 16.3. The summed E-state index contributed by atoms with van der Waals surface area (Å²) in [6.45, 7) is 5.38. The molecule has 0 rings (SSSR count). The Morgan fingerprint density at radius 1 is 0.444 bits per heavy atom. The molecule has 0 aliphatic heterocycles. The lowest BCUT2D eigenvalue weighted by atomic mass is 10.0. The fourth-order valence-corrected chi connectivity index (χ4v) is 7.36. The monoisotopic (exact) mass is 761 g/mol. The van der Waals surface area contributed by atoms with E-state index in [1.165, 1.54) is 218 Å². The molecule has 1 atom stereocenters. The molecule has 0 aromatic rings. The summed E-state index contributed by atoms with van der Waals surface area (Å²) in [6, 6.07) is 0. The standard InChI is InChI=1S/C50H96O4/c1-3-5-7-9-11-13-15-17-19-21-23-24-25-26-27-29-31-33-35-37-39-41-43-45-50(52)54-49(47-51)48-53-46-44-42-40-38-36-34-32-30-28-22-20-18-16-14-12-10-8-6-4-2/h15,17,21,23,49,51H,3-14,16,18-20,22,24-48H2,1-2H3/b17-15-,23-21-. The third-order valence-electron chi connectivity index (χ3n) is 11.0. The number of unbranched alkanes of at least 4 members (excludes halogenated alkanes) is 34. The van der Waals surface area contributed by atoms with Crippen molar-refractivity contribution in [3.63, 3.8) is 0 Å². The van der Waals surface area contributed by atoms with Gasteiger partial charge in [0.05, 0.1) is 13.2 Å². The topological polar surface area (TPSA) is 55.8 Å². The van der Waals surface area contributed by atoms with E-state index in [-0.39, 0.29) is 12.6 Å². The Kier molecular flexibility index (Phi) is 47.0. The van der Waals surface area contributed by atoms with E-state index in [9.17, 15) is 9.90 Å². The van der Waals surface area contributed by atoms with Gasteiger partial charge in [-0.25, -0.2) is 0 Å². The van der Waals surface area contributed by atoms with E-state index in [1.54, 1.807) is 0 Å². The summed E-state index contributed by atoms with van der Waals surface area (Å²) < 4.78 is 11.2. The van der Waals surface area contributed by atoms with Gasteiger partial charge in [0.25, 0.3) is 0 Å². The second kappa shape index (κ2) is 48.0. The molecule has 0 saturated carbocycles. The van der Waals surface area contributed by atoms with Crippen LogP contribution in [0.2, 0.25) is 0 Å². The van der Waals surface area contributed by atoms with Crippen molar-refractivity contribution < 1.29 is 19.4 Å². The van der Waals surface area contributed by atoms with Crippen LogP contribution in [-0.2, 0) is 14.3 Å². The number of aliphatic hydroxyl groups is 1. The van der Waals surface area contributed by atoms with Gasteiger partial charge >= 0.3 is 5.97 Å². The van der Waals surface area contributed by atoms with E-state index >= 15 is 0 Å². The van der Waals surface area contributed by atoms with Gasteiger partial charge in [-0.15, -0.1) is 0 Å². The van der Waals surface area contributed by atoms with Crippen LogP contribution in [0.5, 0.6) is 0 Å². The van der Waals surface area contributed by atoms with Gasteiger partial charge in [0.2, 0.25) is 0 Å². The fourth-order valence-electron chi connectivity index (χ4n) is 7.36. The van der Waals surface area contributed by atoms with Gasteiger partial charge in [-0.2, -0.15) is 0 Å². The molecular formula is C50H96O4. The minimum atomic E-state index is -0.531. The number of ether oxygens (including phenoxy) is 2. The third-order valence-corrected chi connectivity index (χ3v) is 11.0. The quantitative estimate of drug-likeness (QED) is 0.0381. The van der Waals surface area contributed by atoms with Gasteiger partial charge < -0.3 is 14.6 Å². The first-order chi connectivity index (χ1) is 26.7. The second-order valence-corrected chi connectivity index (χ2v) is 16.5. The summed E-state index contributed by atoms with van der Waals surface area (Å²) >= 11 is 0. The summed E-state index contributed by atoms with van der Waals surface area (Å²) in [5.74, 6) is -0.197. The summed E-state index contributed by atoms with van der Waals surface area (Å²) in [5, 5.41) is 9.64. The fraction of sp³-hybridized carbons (Fsp3) is 0.900. The molecule has 4 nitrogen and oxygen atoms in total. The van der Waals surface area contributed by atoms with Crippen LogP contribution in [0.4, 0.5) is 0 Å². The maximum atomic E-state index is 12.3. The molecule has 0 heterocycles. The average molecular weight is 761 g/mol. The highest BCUT2D eigenvalue weighted by molar-refractivity contribution is 5.69. The third kappa shape index (κ3) is 45.3. The number of esters is 1. The molecular weight excluding hydrogens is 665 g/mol. The van der Waals surface area contributed by atoms with Crippen molar-refractivity contribution in [1.29, 1.82) is 0 Å². The molecule has 54 heavy (non-hydrogen) atoms. The van der Waals surface area contributed by atoms with Gasteiger partial charge in [-0.3, -0.25) is 4.79 Å².